The third-order valence-corrected chi connectivity index (χ3v) is 13.6. The molecule has 0 fully saturated rings. The van der Waals surface area contributed by atoms with Crippen LogP contribution in [0.15, 0.2) is 36.5 Å². The van der Waals surface area contributed by atoms with Crippen LogP contribution >= 0.6 is 0 Å². The molecule has 0 amide bonds. The van der Waals surface area contributed by atoms with Gasteiger partial charge in [0.1, 0.15) is 13.2 Å². The van der Waals surface area contributed by atoms with Crippen molar-refractivity contribution >= 4 is 17.9 Å². The summed E-state index contributed by atoms with van der Waals surface area (Å²) in [4.78, 5) is 38.5. The maximum Gasteiger partial charge on any atom is 0.306 e. The van der Waals surface area contributed by atoms with Crippen molar-refractivity contribution in [1.82, 2.24) is 0 Å². The van der Waals surface area contributed by atoms with Gasteiger partial charge in [0.15, 0.2) is 6.10 Å². The lowest BCUT2D eigenvalue weighted by Crippen LogP contribution is -2.30. The SMILES string of the molecule is CCCCCCC(CC=CCCCCCCCC(=O)OCC(COC(=O)CCCCCCCC=CCC(CCCCCC)OCCO)OC(=O)CCCCCCCC=CCC(CCCCCC)OCCO)OCCO. The Labute approximate surface area is 459 Å². The number of allylic oxidation sites excluding steroid dienone is 3. The normalized spacial score (nSPS) is 13.5. The molecule has 75 heavy (non-hydrogen) atoms. The molecule has 12 heteroatoms. The first-order valence-corrected chi connectivity index (χ1v) is 31.0. The summed E-state index contributed by atoms with van der Waals surface area (Å²) in [5, 5.41) is 27.5. The van der Waals surface area contributed by atoms with Gasteiger partial charge in [0.25, 0.3) is 0 Å². The van der Waals surface area contributed by atoms with Crippen LogP contribution in [0.4, 0.5) is 0 Å². The molecule has 0 bridgehead atoms. The third kappa shape index (κ3) is 53.2. The summed E-state index contributed by atoms with van der Waals surface area (Å²) in [5.74, 6) is -1.05. The maximum absolute atomic E-state index is 13.0. The number of aliphatic hydroxyl groups is 3. The van der Waals surface area contributed by atoms with Gasteiger partial charge in [0, 0.05) is 19.3 Å². The van der Waals surface area contributed by atoms with E-state index >= 15 is 0 Å². The van der Waals surface area contributed by atoms with Gasteiger partial charge in [-0.2, -0.15) is 0 Å². The molecule has 440 valence electrons. The van der Waals surface area contributed by atoms with Crippen molar-refractivity contribution in [2.24, 2.45) is 0 Å². The number of rotatable bonds is 59. The van der Waals surface area contributed by atoms with Crippen molar-refractivity contribution < 1.29 is 58.1 Å². The van der Waals surface area contributed by atoms with E-state index in [1.165, 1.54) is 57.8 Å². The second-order valence-electron chi connectivity index (χ2n) is 20.7. The predicted octanol–water partition coefficient (Wildman–Crippen LogP) is 15.1. The van der Waals surface area contributed by atoms with Gasteiger partial charge in [0.05, 0.1) is 58.0 Å². The van der Waals surface area contributed by atoms with Crippen LogP contribution in [0.3, 0.4) is 0 Å². The van der Waals surface area contributed by atoms with Crippen LogP contribution in [-0.4, -0.2) is 110 Å². The molecule has 3 N–H and O–H groups in total. The summed E-state index contributed by atoms with van der Waals surface area (Å²) in [7, 11) is 0. The lowest BCUT2D eigenvalue weighted by atomic mass is 10.1. The van der Waals surface area contributed by atoms with Gasteiger partial charge in [-0.1, -0.05) is 192 Å². The molecule has 0 saturated heterocycles. The predicted molar refractivity (Wildman–Crippen MR) is 307 cm³/mol. The fourth-order valence-corrected chi connectivity index (χ4v) is 9.02. The maximum atomic E-state index is 13.0. The molecule has 12 nitrogen and oxygen atoms in total. The van der Waals surface area contributed by atoms with Crippen molar-refractivity contribution in [2.75, 3.05) is 52.9 Å². The van der Waals surface area contributed by atoms with E-state index in [4.69, 9.17) is 28.4 Å². The Kier molecular flexibility index (Phi) is 57.0. The molecule has 0 aliphatic heterocycles. The summed E-state index contributed by atoms with van der Waals surface area (Å²) >= 11 is 0. The number of hydrogen-bond acceptors (Lipinski definition) is 12. The fourth-order valence-electron chi connectivity index (χ4n) is 9.02. The van der Waals surface area contributed by atoms with Crippen LogP contribution in [0.2, 0.25) is 0 Å². The van der Waals surface area contributed by atoms with Gasteiger partial charge in [-0.15, -0.1) is 0 Å². The van der Waals surface area contributed by atoms with E-state index in [2.05, 4.69) is 57.2 Å². The zero-order chi connectivity index (χ0) is 54.8. The van der Waals surface area contributed by atoms with E-state index in [1.807, 2.05) is 0 Å². The molecule has 0 rings (SSSR count). The highest BCUT2D eigenvalue weighted by Gasteiger charge is 2.20. The highest BCUT2D eigenvalue weighted by atomic mass is 16.6. The Morgan fingerprint density at radius 3 is 0.960 bits per heavy atom. The molecule has 0 aliphatic rings. The van der Waals surface area contributed by atoms with Gasteiger partial charge in [-0.25, -0.2) is 0 Å². The van der Waals surface area contributed by atoms with E-state index < -0.39 is 6.10 Å². The molecule has 3 atom stereocenters. The van der Waals surface area contributed by atoms with E-state index in [0.29, 0.717) is 39.1 Å². The van der Waals surface area contributed by atoms with Crippen molar-refractivity contribution in [2.45, 2.75) is 296 Å². The van der Waals surface area contributed by atoms with Crippen molar-refractivity contribution in [1.29, 1.82) is 0 Å². The van der Waals surface area contributed by atoms with Crippen LogP contribution in [0.5, 0.6) is 0 Å². The van der Waals surface area contributed by atoms with E-state index in [9.17, 15) is 29.7 Å². The largest absolute Gasteiger partial charge is 0.462 e. The molecule has 0 radical (unpaired) electrons. The van der Waals surface area contributed by atoms with E-state index in [-0.39, 0.29) is 75.7 Å². The minimum Gasteiger partial charge on any atom is -0.462 e. The van der Waals surface area contributed by atoms with Crippen LogP contribution in [0.25, 0.3) is 0 Å². The molecule has 0 aromatic rings. The smallest absolute Gasteiger partial charge is 0.306 e. The highest BCUT2D eigenvalue weighted by Crippen LogP contribution is 2.18. The number of ether oxygens (including phenoxy) is 6. The van der Waals surface area contributed by atoms with Gasteiger partial charge in [0.2, 0.25) is 0 Å². The molecule has 0 heterocycles. The summed E-state index contributed by atoms with van der Waals surface area (Å²) in [5.41, 5.74) is 0. The van der Waals surface area contributed by atoms with E-state index in [0.717, 1.165) is 167 Å². The average Bonchev–Trinajstić information content (AvgIpc) is 3.41. The minimum atomic E-state index is -0.849. The van der Waals surface area contributed by atoms with E-state index in [1.54, 1.807) is 0 Å². The van der Waals surface area contributed by atoms with Crippen LogP contribution in [0.1, 0.15) is 271 Å². The third-order valence-electron chi connectivity index (χ3n) is 13.6. The minimum absolute atomic E-state index is 0.0537. The summed E-state index contributed by atoms with van der Waals surface area (Å²) in [6.07, 6.45) is 51.7. The Morgan fingerprint density at radius 2 is 0.640 bits per heavy atom. The molecule has 3 unspecified atom stereocenters. The Bertz CT molecular complexity index is 1250. The van der Waals surface area contributed by atoms with Gasteiger partial charge >= 0.3 is 17.9 Å². The number of carbonyl (C=O) groups is 3. The summed E-state index contributed by atoms with van der Waals surface area (Å²) in [6, 6.07) is 0. The Balaban J connectivity index is 4.76. The summed E-state index contributed by atoms with van der Waals surface area (Å²) < 4.78 is 34.4. The number of aliphatic hydroxyl groups excluding tert-OH is 3. The topological polar surface area (TPSA) is 167 Å². The number of hydrogen-bond donors (Lipinski definition) is 3. The molecule has 0 aliphatic carbocycles. The second kappa shape index (κ2) is 59.1. The molecule has 0 saturated carbocycles. The molecule has 0 spiro atoms. The quantitative estimate of drug-likeness (QED) is 0.0229. The fraction of sp³-hybridized carbons (Fsp3) is 0.857. The standard InChI is InChI=1S/C63H116O12/c1-4-7-10-31-40-57(70-52-49-64)43-34-25-19-13-16-22-28-37-46-61(67)73-55-60(75-63(69)48-39-30-24-18-15-21-27-36-45-59(72-54-51-66)42-33-12-9-6-3)56-74-62(68)47-38-29-23-17-14-20-26-35-44-58(71-53-50-65)41-32-11-8-5-2/h25-27,34-36,57-60,64-66H,4-24,28-33,37-56H2,1-3H3. The van der Waals surface area contributed by atoms with Crippen LogP contribution in [-0.2, 0) is 42.8 Å². The summed E-state index contributed by atoms with van der Waals surface area (Å²) in [6.45, 7) is 7.70. The molecular formula is C63H116O12. The number of carbonyl (C=O) groups excluding carboxylic acids is 3. The first-order valence-electron chi connectivity index (χ1n) is 31.0. The van der Waals surface area contributed by atoms with Gasteiger partial charge < -0.3 is 43.7 Å². The molecule has 0 aromatic heterocycles. The van der Waals surface area contributed by atoms with Crippen molar-refractivity contribution in [3.63, 3.8) is 0 Å². The number of unbranched alkanes of at least 4 members (excludes halogenated alkanes) is 24. The van der Waals surface area contributed by atoms with Crippen molar-refractivity contribution in [3.8, 4) is 0 Å². The van der Waals surface area contributed by atoms with Crippen LogP contribution < -0.4 is 0 Å². The number of esters is 3. The lowest BCUT2D eigenvalue weighted by molar-refractivity contribution is -0.167. The Morgan fingerprint density at radius 1 is 0.347 bits per heavy atom. The van der Waals surface area contributed by atoms with Crippen LogP contribution in [0, 0.1) is 0 Å². The molecular weight excluding hydrogens is 949 g/mol. The van der Waals surface area contributed by atoms with Gasteiger partial charge in [-0.3, -0.25) is 14.4 Å². The highest BCUT2D eigenvalue weighted by molar-refractivity contribution is 5.71. The monoisotopic (exact) mass is 1060 g/mol. The Hall–Kier alpha value is -2.61. The average molecular weight is 1070 g/mol. The first kappa shape index (κ1) is 72.4. The zero-order valence-corrected chi connectivity index (χ0v) is 48.5. The van der Waals surface area contributed by atoms with Crippen molar-refractivity contribution in [3.05, 3.63) is 36.5 Å². The first-order chi connectivity index (χ1) is 36.8. The van der Waals surface area contributed by atoms with Gasteiger partial charge in [-0.05, 0) is 96.3 Å². The zero-order valence-electron chi connectivity index (χ0n) is 48.5. The molecule has 0 aromatic carbocycles. The second-order valence-corrected chi connectivity index (χ2v) is 20.7. The lowest BCUT2D eigenvalue weighted by Gasteiger charge is -2.18.